The van der Waals surface area contributed by atoms with E-state index in [-0.39, 0.29) is 5.91 Å². The Kier molecular flexibility index (Phi) is 3.93. The molecule has 1 spiro atoms. The van der Waals surface area contributed by atoms with Crippen LogP contribution in [0.5, 0.6) is 0 Å². The van der Waals surface area contributed by atoms with E-state index in [4.69, 9.17) is 23.2 Å². The number of piperidine rings is 1. The first-order valence-electron chi connectivity index (χ1n) is 7.05. The molecule has 3 nitrogen and oxygen atoms in total. The Morgan fingerprint density at radius 1 is 1.15 bits per heavy atom. The fraction of sp³-hybridized carbons (Fsp3) is 0.533. The maximum atomic E-state index is 12.6. The molecule has 0 radical (unpaired) electrons. The predicted octanol–water partition coefficient (Wildman–Crippen LogP) is 3.21. The van der Waals surface area contributed by atoms with E-state index in [0.717, 1.165) is 39.0 Å². The Bertz CT molecular complexity index is 496. The zero-order valence-electron chi connectivity index (χ0n) is 11.3. The normalized spacial score (nSPS) is 21.4. The van der Waals surface area contributed by atoms with Crippen molar-refractivity contribution in [1.29, 1.82) is 0 Å². The number of likely N-dealkylation sites (tertiary alicyclic amines) is 1. The van der Waals surface area contributed by atoms with Gasteiger partial charge in [-0.25, -0.2) is 0 Å². The quantitative estimate of drug-likeness (QED) is 0.863. The van der Waals surface area contributed by atoms with Crippen LogP contribution in [0.3, 0.4) is 0 Å². The molecule has 2 heterocycles. The summed E-state index contributed by atoms with van der Waals surface area (Å²) in [5, 5.41) is 4.30. The van der Waals surface area contributed by atoms with Crippen molar-refractivity contribution >= 4 is 29.1 Å². The maximum absolute atomic E-state index is 12.6. The van der Waals surface area contributed by atoms with Crippen molar-refractivity contribution < 1.29 is 4.79 Å². The first-order valence-corrected chi connectivity index (χ1v) is 7.81. The van der Waals surface area contributed by atoms with E-state index in [2.05, 4.69) is 5.32 Å². The highest BCUT2D eigenvalue weighted by Crippen LogP contribution is 2.38. The van der Waals surface area contributed by atoms with Gasteiger partial charge < -0.3 is 10.2 Å². The van der Waals surface area contributed by atoms with Crippen molar-refractivity contribution in [3.05, 3.63) is 33.8 Å². The van der Waals surface area contributed by atoms with Gasteiger partial charge >= 0.3 is 0 Å². The smallest absolute Gasteiger partial charge is 0.256 e. The molecule has 0 aromatic heterocycles. The Balaban J connectivity index is 1.73. The van der Waals surface area contributed by atoms with Crippen LogP contribution in [0.15, 0.2) is 18.2 Å². The second-order valence-electron chi connectivity index (χ2n) is 5.82. The van der Waals surface area contributed by atoms with Crippen LogP contribution >= 0.6 is 23.2 Å². The van der Waals surface area contributed by atoms with Gasteiger partial charge in [0.15, 0.2) is 0 Å². The van der Waals surface area contributed by atoms with Crippen LogP contribution in [-0.2, 0) is 0 Å². The third-order valence-corrected chi connectivity index (χ3v) is 5.25. The van der Waals surface area contributed by atoms with Crippen molar-refractivity contribution in [3.63, 3.8) is 0 Å². The fourth-order valence-corrected chi connectivity index (χ4v) is 3.83. The van der Waals surface area contributed by atoms with Gasteiger partial charge in [-0.3, -0.25) is 4.79 Å². The average molecular weight is 313 g/mol. The van der Waals surface area contributed by atoms with Crippen LogP contribution in [0.1, 0.15) is 29.6 Å². The number of benzene rings is 1. The second kappa shape index (κ2) is 5.55. The van der Waals surface area contributed by atoms with E-state index < -0.39 is 0 Å². The maximum Gasteiger partial charge on any atom is 0.256 e. The van der Waals surface area contributed by atoms with Gasteiger partial charge in [0.2, 0.25) is 0 Å². The minimum Gasteiger partial charge on any atom is -0.339 e. The topological polar surface area (TPSA) is 32.3 Å². The third-order valence-electron chi connectivity index (χ3n) is 4.62. The lowest BCUT2D eigenvalue weighted by atomic mass is 9.78. The minimum absolute atomic E-state index is 0.0404. The molecule has 1 aromatic rings. The monoisotopic (exact) mass is 312 g/mol. The summed E-state index contributed by atoms with van der Waals surface area (Å²) in [5.74, 6) is -0.0404. The number of nitrogens with zero attached hydrogens (tertiary/aromatic N) is 1. The van der Waals surface area contributed by atoms with Gasteiger partial charge in [-0.2, -0.15) is 0 Å². The lowest BCUT2D eigenvalue weighted by Gasteiger charge is -2.39. The molecule has 2 fully saturated rings. The van der Waals surface area contributed by atoms with Crippen molar-refractivity contribution in [3.8, 4) is 0 Å². The van der Waals surface area contributed by atoms with Crippen molar-refractivity contribution in [2.45, 2.75) is 19.3 Å². The van der Waals surface area contributed by atoms with Crippen LogP contribution in [0.4, 0.5) is 0 Å². The summed E-state index contributed by atoms with van der Waals surface area (Å²) in [6, 6.07) is 5.19. The summed E-state index contributed by atoms with van der Waals surface area (Å²) in [6.07, 6.45) is 3.35. The molecule has 2 aliphatic heterocycles. The van der Waals surface area contributed by atoms with E-state index in [1.54, 1.807) is 18.2 Å². The average Bonchev–Trinajstić information content (AvgIpc) is 2.87. The van der Waals surface area contributed by atoms with Crippen LogP contribution in [-0.4, -0.2) is 37.0 Å². The van der Waals surface area contributed by atoms with E-state index in [1.165, 1.54) is 6.42 Å². The Labute approximate surface area is 129 Å². The molecular formula is C15H18Cl2N2O. The SMILES string of the molecule is O=C(c1c(Cl)cccc1Cl)N1CCC2(CCNC2)CC1. The molecule has 0 bridgehead atoms. The van der Waals surface area contributed by atoms with Gasteiger partial charge in [0, 0.05) is 19.6 Å². The third kappa shape index (κ3) is 2.54. The lowest BCUT2D eigenvalue weighted by molar-refractivity contribution is 0.0608. The van der Waals surface area contributed by atoms with Crippen LogP contribution in [0.2, 0.25) is 10.0 Å². The molecule has 0 aliphatic carbocycles. The number of carbonyl (C=O) groups excluding carboxylic acids is 1. The number of hydrogen-bond donors (Lipinski definition) is 1. The molecule has 1 amide bonds. The number of hydrogen-bond acceptors (Lipinski definition) is 2. The van der Waals surface area contributed by atoms with Gasteiger partial charge in [-0.05, 0) is 43.4 Å². The molecule has 0 unspecified atom stereocenters. The van der Waals surface area contributed by atoms with E-state index in [0.29, 0.717) is 21.0 Å². The summed E-state index contributed by atoms with van der Waals surface area (Å²) in [7, 11) is 0. The lowest BCUT2D eigenvalue weighted by Crippen LogP contribution is -2.44. The molecular weight excluding hydrogens is 295 g/mol. The highest BCUT2D eigenvalue weighted by molar-refractivity contribution is 6.39. The van der Waals surface area contributed by atoms with Crippen molar-refractivity contribution in [2.24, 2.45) is 5.41 Å². The molecule has 2 aliphatic rings. The van der Waals surface area contributed by atoms with Gasteiger partial charge in [-0.15, -0.1) is 0 Å². The van der Waals surface area contributed by atoms with Gasteiger partial charge in [0.1, 0.15) is 0 Å². The molecule has 3 rings (SSSR count). The number of halogens is 2. The van der Waals surface area contributed by atoms with Gasteiger partial charge in [0.05, 0.1) is 15.6 Å². The number of amides is 1. The zero-order valence-corrected chi connectivity index (χ0v) is 12.8. The molecule has 2 saturated heterocycles. The number of carbonyl (C=O) groups is 1. The number of nitrogens with one attached hydrogen (secondary N) is 1. The van der Waals surface area contributed by atoms with Gasteiger partial charge in [0.25, 0.3) is 5.91 Å². The Hall–Kier alpha value is -0.770. The largest absolute Gasteiger partial charge is 0.339 e. The molecule has 20 heavy (non-hydrogen) atoms. The highest BCUT2D eigenvalue weighted by atomic mass is 35.5. The minimum atomic E-state index is -0.0404. The standard InChI is InChI=1S/C15H18Cl2N2O/c16-11-2-1-3-12(17)13(11)14(20)19-8-5-15(6-9-19)4-7-18-10-15/h1-3,18H,4-10H2. The summed E-state index contributed by atoms with van der Waals surface area (Å²) < 4.78 is 0. The molecule has 5 heteroatoms. The highest BCUT2D eigenvalue weighted by Gasteiger charge is 2.38. The molecule has 0 atom stereocenters. The van der Waals surface area contributed by atoms with Gasteiger partial charge in [-0.1, -0.05) is 29.3 Å². The second-order valence-corrected chi connectivity index (χ2v) is 6.63. The van der Waals surface area contributed by atoms with E-state index in [9.17, 15) is 4.79 Å². The molecule has 1 N–H and O–H groups in total. The van der Waals surface area contributed by atoms with Crippen LogP contribution < -0.4 is 5.32 Å². The molecule has 0 saturated carbocycles. The van der Waals surface area contributed by atoms with Crippen LogP contribution in [0, 0.1) is 5.41 Å². The summed E-state index contributed by atoms with van der Waals surface area (Å²) in [5.41, 5.74) is 0.845. The predicted molar refractivity (Wildman–Crippen MR) is 81.5 cm³/mol. The van der Waals surface area contributed by atoms with Crippen molar-refractivity contribution in [1.82, 2.24) is 10.2 Å². The Morgan fingerprint density at radius 2 is 1.80 bits per heavy atom. The Morgan fingerprint density at radius 3 is 2.35 bits per heavy atom. The summed E-state index contributed by atoms with van der Waals surface area (Å²) >= 11 is 12.2. The molecule has 108 valence electrons. The number of rotatable bonds is 1. The van der Waals surface area contributed by atoms with Crippen molar-refractivity contribution in [2.75, 3.05) is 26.2 Å². The summed E-state index contributed by atoms with van der Waals surface area (Å²) in [6.45, 7) is 3.77. The van der Waals surface area contributed by atoms with E-state index in [1.807, 2.05) is 4.90 Å². The summed E-state index contributed by atoms with van der Waals surface area (Å²) in [4.78, 5) is 14.5. The first-order chi connectivity index (χ1) is 9.61. The van der Waals surface area contributed by atoms with Crippen LogP contribution in [0.25, 0.3) is 0 Å². The fourth-order valence-electron chi connectivity index (χ4n) is 3.27. The first kappa shape index (κ1) is 14.2. The molecule has 1 aromatic carbocycles. The zero-order chi connectivity index (χ0) is 14.2. The van der Waals surface area contributed by atoms with E-state index >= 15 is 0 Å².